The average Bonchev–Trinajstić information content (AvgIpc) is 2.06. The number of aliphatic imine (C=N–C) groups is 2. The molecule has 0 aromatic heterocycles. The summed E-state index contributed by atoms with van der Waals surface area (Å²) in [6, 6.07) is 0. The molecular formula is C10H18N2. The van der Waals surface area contributed by atoms with E-state index in [2.05, 4.69) is 16.9 Å². The molecule has 0 radical (unpaired) electrons. The zero-order valence-corrected chi connectivity index (χ0v) is 8.25. The Morgan fingerprint density at radius 2 is 2.17 bits per heavy atom. The molecule has 0 aromatic carbocycles. The second-order valence-electron chi connectivity index (χ2n) is 2.64. The zero-order chi connectivity index (χ0) is 9.23. The minimum Gasteiger partial charge on any atom is -0.288 e. The molecule has 0 aliphatic rings. The maximum Gasteiger partial charge on any atom is 0.0499 e. The molecule has 0 amide bonds. The van der Waals surface area contributed by atoms with Gasteiger partial charge in [-0.05, 0) is 20.3 Å². The van der Waals surface area contributed by atoms with Crippen LogP contribution in [-0.4, -0.2) is 18.5 Å². The first-order valence-electron chi connectivity index (χ1n) is 4.46. The van der Waals surface area contributed by atoms with Gasteiger partial charge in [0, 0.05) is 24.7 Å². The van der Waals surface area contributed by atoms with Crippen LogP contribution in [0.25, 0.3) is 0 Å². The van der Waals surface area contributed by atoms with Gasteiger partial charge in [0.2, 0.25) is 0 Å². The first-order valence-corrected chi connectivity index (χ1v) is 4.46. The molecule has 0 saturated carbocycles. The van der Waals surface area contributed by atoms with Crippen LogP contribution in [-0.2, 0) is 0 Å². The van der Waals surface area contributed by atoms with Crippen molar-refractivity contribution in [3.8, 4) is 0 Å². The van der Waals surface area contributed by atoms with Gasteiger partial charge >= 0.3 is 0 Å². The maximum atomic E-state index is 4.32. The van der Waals surface area contributed by atoms with Crippen molar-refractivity contribution in [2.75, 3.05) is 6.54 Å². The maximum absolute atomic E-state index is 4.32. The highest BCUT2D eigenvalue weighted by molar-refractivity contribution is 6.29. The summed E-state index contributed by atoms with van der Waals surface area (Å²) in [5.41, 5.74) is 1.00. The summed E-state index contributed by atoms with van der Waals surface area (Å²) in [4.78, 5) is 8.35. The normalized spacial score (nSPS) is 13.4. The molecule has 0 saturated heterocycles. The third-order valence-corrected chi connectivity index (χ3v) is 1.37. The lowest BCUT2D eigenvalue weighted by Crippen LogP contribution is -1.94. The van der Waals surface area contributed by atoms with Crippen LogP contribution >= 0.6 is 0 Å². The Balaban J connectivity index is 3.69. The standard InChI is InChI=1S/C10H18N2/c1-4-6-8-12-10(3)9-11-7-5-2/h5,7,9H,4,6,8H2,1-3H3/b7-5-,11-9?,12-10?. The van der Waals surface area contributed by atoms with Crippen molar-refractivity contribution in [1.82, 2.24) is 0 Å². The van der Waals surface area contributed by atoms with Crippen LogP contribution in [0.15, 0.2) is 22.3 Å². The van der Waals surface area contributed by atoms with Gasteiger partial charge in [-0.25, -0.2) is 0 Å². The Morgan fingerprint density at radius 1 is 1.42 bits per heavy atom. The van der Waals surface area contributed by atoms with Gasteiger partial charge in [-0.2, -0.15) is 0 Å². The fourth-order valence-electron chi connectivity index (χ4n) is 0.691. The Morgan fingerprint density at radius 3 is 2.75 bits per heavy atom. The fourth-order valence-corrected chi connectivity index (χ4v) is 0.691. The minimum absolute atomic E-state index is 0.921. The lowest BCUT2D eigenvalue weighted by Gasteiger charge is -1.91. The molecule has 0 fully saturated rings. The number of nitrogens with zero attached hydrogens (tertiary/aromatic N) is 2. The lowest BCUT2D eigenvalue weighted by molar-refractivity contribution is 0.809. The SMILES string of the molecule is C/C=C\N=CC(C)=NCCCC. The quantitative estimate of drug-likeness (QED) is 0.443. The molecule has 0 aliphatic carbocycles. The third-order valence-electron chi connectivity index (χ3n) is 1.37. The summed E-state index contributed by atoms with van der Waals surface area (Å²) in [5, 5.41) is 0. The summed E-state index contributed by atoms with van der Waals surface area (Å²) in [6.07, 6.45) is 7.81. The molecule has 68 valence electrons. The third kappa shape index (κ3) is 7.19. The summed E-state index contributed by atoms with van der Waals surface area (Å²) in [6.45, 7) is 7.01. The van der Waals surface area contributed by atoms with E-state index in [-0.39, 0.29) is 0 Å². The zero-order valence-electron chi connectivity index (χ0n) is 8.25. The predicted molar refractivity (Wildman–Crippen MR) is 56.2 cm³/mol. The molecule has 0 heterocycles. The number of hydrogen-bond donors (Lipinski definition) is 0. The highest BCUT2D eigenvalue weighted by Crippen LogP contribution is 1.87. The minimum atomic E-state index is 0.921. The van der Waals surface area contributed by atoms with E-state index in [4.69, 9.17) is 0 Å². The van der Waals surface area contributed by atoms with Crippen molar-refractivity contribution in [2.45, 2.75) is 33.6 Å². The molecule has 2 nitrogen and oxygen atoms in total. The summed E-state index contributed by atoms with van der Waals surface area (Å²) < 4.78 is 0. The molecule has 0 unspecified atom stereocenters. The summed E-state index contributed by atoms with van der Waals surface area (Å²) in [5.74, 6) is 0. The Kier molecular flexibility index (Phi) is 7.55. The molecule has 0 aromatic rings. The molecule has 2 heteroatoms. The van der Waals surface area contributed by atoms with E-state index in [1.54, 1.807) is 12.4 Å². The second-order valence-corrected chi connectivity index (χ2v) is 2.64. The summed E-state index contributed by atoms with van der Waals surface area (Å²) >= 11 is 0. The first-order chi connectivity index (χ1) is 5.81. The summed E-state index contributed by atoms with van der Waals surface area (Å²) in [7, 11) is 0. The van der Waals surface area contributed by atoms with Gasteiger partial charge < -0.3 is 0 Å². The Bertz CT molecular complexity index is 178. The Labute approximate surface area is 75.1 Å². The number of hydrogen-bond acceptors (Lipinski definition) is 2. The van der Waals surface area contributed by atoms with E-state index < -0.39 is 0 Å². The van der Waals surface area contributed by atoms with Crippen molar-refractivity contribution >= 4 is 11.9 Å². The van der Waals surface area contributed by atoms with Crippen LogP contribution in [0, 0.1) is 0 Å². The van der Waals surface area contributed by atoms with Crippen LogP contribution in [0.3, 0.4) is 0 Å². The van der Waals surface area contributed by atoms with Crippen LogP contribution in [0.5, 0.6) is 0 Å². The molecule has 12 heavy (non-hydrogen) atoms. The van der Waals surface area contributed by atoms with Crippen molar-refractivity contribution in [1.29, 1.82) is 0 Å². The average molecular weight is 166 g/mol. The number of allylic oxidation sites excluding steroid dienone is 1. The molecule has 0 rings (SSSR count). The van der Waals surface area contributed by atoms with E-state index in [9.17, 15) is 0 Å². The van der Waals surface area contributed by atoms with Crippen molar-refractivity contribution in [3.05, 3.63) is 12.3 Å². The van der Waals surface area contributed by atoms with Gasteiger partial charge in [0.25, 0.3) is 0 Å². The van der Waals surface area contributed by atoms with Gasteiger partial charge in [0.1, 0.15) is 0 Å². The van der Waals surface area contributed by atoms with Gasteiger partial charge in [-0.1, -0.05) is 19.4 Å². The molecule has 0 N–H and O–H groups in total. The second kappa shape index (κ2) is 8.18. The molecule has 0 bridgehead atoms. The molecule has 0 spiro atoms. The van der Waals surface area contributed by atoms with Crippen molar-refractivity contribution in [2.24, 2.45) is 9.98 Å². The number of unbranched alkanes of at least 4 members (excludes halogenated alkanes) is 1. The fraction of sp³-hybridized carbons (Fsp3) is 0.600. The van der Waals surface area contributed by atoms with Gasteiger partial charge in [0.05, 0.1) is 0 Å². The van der Waals surface area contributed by atoms with Gasteiger partial charge in [-0.15, -0.1) is 0 Å². The molecular weight excluding hydrogens is 148 g/mol. The molecule has 0 atom stereocenters. The van der Waals surface area contributed by atoms with Gasteiger partial charge in [-0.3, -0.25) is 9.98 Å². The van der Waals surface area contributed by atoms with E-state index in [0.717, 1.165) is 18.7 Å². The topological polar surface area (TPSA) is 24.7 Å². The van der Waals surface area contributed by atoms with E-state index in [1.807, 2.05) is 19.9 Å². The highest BCUT2D eigenvalue weighted by Gasteiger charge is 1.83. The predicted octanol–water partition coefficient (Wildman–Crippen LogP) is 2.85. The Hall–Kier alpha value is -0.920. The van der Waals surface area contributed by atoms with Crippen LogP contribution in [0.2, 0.25) is 0 Å². The monoisotopic (exact) mass is 166 g/mol. The van der Waals surface area contributed by atoms with Crippen LogP contribution in [0.1, 0.15) is 33.6 Å². The van der Waals surface area contributed by atoms with Crippen molar-refractivity contribution in [3.63, 3.8) is 0 Å². The highest BCUT2D eigenvalue weighted by atomic mass is 14.8. The van der Waals surface area contributed by atoms with Crippen LogP contribution < -0.4 is 0 Å². The smallest absolute Gasteiger partial charge is 0.0499 e. The van der Waals surface area contributed by atoms with Crippen LogP contribution in [0.4, 0.5) is 0 Å². The van der Waals surface area contributed by atoms with Crippen molar-refractivity contribution < 1.29 is 0 Å². The van der Waals surface area contributed by atoms with E-state index >= 15 is 0 Å². The molecule has 0 aliphatic heterocycles. The van der Waals surface area contributed by atoms with E-state index in [0.29, 0.717) is 0 Å². The largest absolute Gasteiger partial charge is 0.288 e. The van der Waals surface area contributed by atoms with Gasteiger partial charge in [0.15, 0.2) is 0 Å². The first kappa shape index (κ1) is 11.1. The number of rotatable bonds is 5. The lowest BCUT2D eigenvalue weighted by atomic mass is 10.3. The van der Waals surface area contributed by atoms with E-state index in [1.165, 1.54) is 6.42 Å².